The third kappa shape index (κ3) is 1.07. The van der Waals surface area contributed by atoms with Crippen LogP contribution in [0.4, 0.5) is 0 Å². The van der Waals surface area contributed by atoms with Crippen molar-refractivity contribution in [1.29, 1.82) is 0 Å². The summed E-state index contributed by atoms with van der Waals surface area (Å²) >= 11 is 0. The van der Waals surface area contributed by atoms with Crippen LogP contribution in [0.25, 0.3) is 0 Å². The van der Waals surface area contributed by atoms with E-state index in [-0.39, 0.29) is 0 Å². The molecule has 10 heavy (non-hydrogen) atoms. The van der Waals surface area contributed by atoms with Gasteiger partial charge in [-0.15, -0.1) is 0 Å². The van der Waals surface area contributed by atoms with E-state index >= 15 is 0 Å². The zero-order valence-corrected chi connectivity index (χ0v) is 6.55. The fourth-order valence-corrected chi connectivity index (χ4v) is 2.74. The Hall–Kier alpha value is -0.0400. The third-order valence-electron chi connectivity index (χ3n) is 3.33. The molecule has 2 aliphatic rings. The Morgan fingerprint density at radius 1 is 0.900 bits per heavy atom. The zero-order valence-electron chi connectivity index (χ0n) is 6.55. The van der Waals surface area contributed by atoms with E-state index < -0.39 is 0 Å². The highest BCUT2D eigenvalue weighted by molar-refractivity contribution is 4.85. The van der Waals surface area contributed by atoms with Gasteiger partial charge >= 0.3 is 0 Å². The van der Waals surface area contributed by atoms with Crippen LogP contribution in [0.1, 0.15) is 38.5 Å². The van der Waals surface area contributed by atoms with E-state index in [0.717, 1.165) is 11.8 Å². The molecule has 0 amide bonds. The highest BCUT2D eigenvalue weighted by atomic mass is 14.6. The fourth-order valence-electron chi connectivity index (χ4n) is 2.74. The summed E-state index contributed by atoms with van der Waals surface area (Å²) in [5.74, 6) is 2.09. The molecule has 0 aromatic heterocycles. The van der Waals surface area contributed by atoms with Crippen molar-refractivity contribution in [3.63, 3.8) is 0 Å². The highest BCUT2D eigenvalue weighted by Crippen LogP contribution is 2.41. The van der Waals surface area contributed by atoms with E-state index in [1.165, 1.54) is 38.5 Å². The number of hydrogen-bond acceptors (Lipinski definition) is 1. The summed E-state index contributed by atoms with van der Waals surface area (Å²) in [4.78, 5) is 0. The van der Waals surface area contributed by atoms with E-state index in [2.05, 4.69) is 0 Å². The van der Waals surface area contributed by atoms with Gasteiger partial charge in [0.15, 0.2) is 0 Å². The maximum atomic E-state index is 5.89. The number of nitrogens with two attached hydrogens (primary N) is 1. The van der Waals surface area contributed by atoms with Crippen LogP contribution in [0.3, 0.4) is 0 Å². The third-order valence-corrected chi connectivity index (χ3v) is 3.33. The van der Waals surface area contributed by atoms with Crippen LogP contribution in [0.5, 0.6) is 0 Å². The van der Waals surface area contributed by atoms with Crippen molar-refractivity contribution in [2.75, 3.05) is 0 Å². The normalized spacial score (nSPS) is 47.1. The summed E-state index contributed by atoms with van der Waals surface area (Å²) in [6.07, 6.45) is 8.48. The second-order valence-electron chi connectivity index (χ2n) is 4.02. The second kappa shape index (κ2) is 2.54. The number of hydrogen-bond donors (Lipinski definition) is 1. The van der Waals surface area contributed by atoms with Gasteiger partial charge in [0.05, 0.1) is 0 Å². The van der Waals surface area contributed by atoms with Crippen molar-refractivity contribution in [3.05, 3.63) is 0 Å². The first-order chi connectivity index (χ1) is 4.86. The van der Waals surface area contributed by atoms with E-state index in [1.54, 1.807) is 0 Å². The summed E-state index contributed by atoms with van der Waals surface area (Å²) < 4.78 is 0. The molecular weight excluding hydrogens is 122 g/mol. The Kier molecular flexibility index (Phi) is 1.69. The van der Waals surface area contributed by atoms with Crippen LogP contribution >= 0.6 is 0 Å². The molecule has 0 aliphatic heterocycles. The van der Waals surface area contributed by atoms with Crippen LogP contribution in [-0.4, -0.2) is 6.04 Å². The van der Waals surface area contributed by atoms with E-state index in [0.29, 0.717) is 6.04 Å². The van der Waals surface area contributed by atoms with Crippen LogP contribution in [0, 0.1) is 11.8 Å². The van der Waals surface area contributed by atoms with Crippen LogP contribution < -0.4 is 5.73 Å². The van der Waals surface area contributed by atoms with E-state index in [1.807, 2.05) is 0 Å². The van der Waals surface area contributed by atoms with Crippen LogP contribution in [0.15, 0.2) is 0 Å². The van der Waals surface area contributed by atoms with Gasteiger partial charge in [0, 0.05) is 6.04 Å². The minimum Gasteiger partial charge on any atom is -0.328 e. The Labute approximate surface area is 63.0 Å². The molecule has 1 heteroatoms. The summed E-state index contributed by atoms with van der Waals surface area (Å²) in [6, 6.07) is 0.541. The number of rotatable bonds is 0. The van der Waals surface area contributed by atoms with Crippen molar-refractivity contribution < 1.29 is 0 Å². The Balaban J connectivity index is 1.96. The second-order valence-corrected chi connectivity index (χ2v) is 4.02. The molecule has 0 heterocycles. The van der Waals surface area contributed by atoms with Crippen molar-refractivity contribution in [2.24, 2.45) is 17.6 Å². The van der Waals surface area contributed by atoms with Gasteiger partial charge in [0.1, 0.15) is 0 Å². The lowest BCUT2D eigenvalue weighted by Crippen LogP contribution is -2.30. The highest BCUT2D eigenvalue weighted by Gasteiger charge is 2.32. The first-order valence-electron chi connectivity index (χ1n) is 4.62. The molecule has 58 valence electrons. The zero-order chi connectivity index (χ0) is 6.97. The molecule has 0 radical (unpaired) electrons. The van der Waals surface area contributed by atoms with Crippen molar-refractivity contribution in [2.45, 2.75) is 44.6 Å². The molecule has 0 aromatic rings. The Morgan fingerprint density at radius 2 is 1.70 bits per heavy atom. The van der Waals surface area contributed by atoms with Crippen LogP contribution in [0.2, 0.25) is 0 Å². The Morgan fingerprint density at radius 3 is 2.60 bits per heavy atom. The van der Waals surface area contributed by atoms with Crippen LogP contribution in [-0.2, 0) is 0 Å². The quantitative estimate of drug-likeness (QED) is 0.545. The van der Waals surface area contributed by atoms with Crippen molar-refractivity contribution >= 4 is 0 Å². The van der Waals surface area contributed by atoms with Gasteiger partial charge in [-0.3, -0.25) is 0 Å². The number of fused-ring (bicyclic) bond motifs is 1. The van der Waals surface area contributed by atoms with Crippen molar-refractivity contribution in [1.82, 2.24) is 0 Å². The van der Waals surface area contributed by atoms with Gasteiger partial charge in [0.2, 0.25) is 0 Å². The van der Waals surface area contributed by atoms with Gasteiger partial charge in [-0.2, -0.15) is 0 Å². The minimum atomic E-state index is 0.541. The summed E-state index contributed by atoms with van der Waals surface area (Å²) in [5, 5.41) is 0. The predicted molar refractivity (Wildman–Crippen MR) is 42.7 cm³/mol. The molecule has 2 rings (SSSR count). The van der Waals surface area contributed by atoms with E-state index in [9.17, 15) is 0 Å². The Bertz CT molecular complexity index is 122. The molecule has 3 atom stereocenters. The van der Waals surface area contributed by atoms with E-state index in [4.69, 9.17) is 5.73 Å². The first kappa shape index (κ1) is 6.66. The summed E-state index contributed by atoms with van der Waals surface area (Å²) in [5.41, 5.74) is 5.89. The predicted octanol–water partition coefficient (Wildman–Crippen LogP) is 1.91. The lowest BCUT2D eigenvalue weighted by atomic mass is 9.79. The lowest BCUT2D eigenvalue weighted by Gasteiger charge is -2.29. The standard InChI is InChI=1S/C9H17N/c10-9-5-4-7-2-1-3-8(7)6-9/h7-9H,1-6,10H2/t7-,8-,9+/m0/s1. The molecule has 1 nitrogen and oxygen atoms in total. The summed E-state index contributed by atoms with van der Waals surface area (Å²) in [7, 11) is 0. The molecule has 2 saturated carbocycles. The van der Waals surface area contributed by atoms with Crippen molar-refractivity contribution in [3.8, 4) is 0 Å². The molecule has 0 bridgehead atoms. The maximum Gasteiger partial charge on any atom is 0.00416 e. The summed E-state index contributed by atoms with van der Waals surface area (Å²) in [6.45, 7) is 0. The SMILES string of the molecule is N[C@@H]1CC[C@@H]2CCC[C@H]2C1. The lowest BCUT2D eigenvalue weighted by molar-refractivity contribution is 0.251. The van der Waals surface area contributed by atoms with Gasteiger partial charge in [0.25, 0.3) is 0 Å². The van der Waals surface area contributed by atoms with Gasteiger partial charge < -0.3 is 5.73 Å². The largest absolute Gasteiger partial charge is 0.328 e. The molecule has 2 N–H and O–H groups in total. The maximum absolute atomic E-state index is 5.89. The molecule has 2 fully saturated rings. The average molecular weight is 139 g/mol. The molecule has 0 spiro atoms. The topological polar surface area (TPSA) is 26.0 Å². The van der Waals surface area contributed by atoms with Gasteiger partial charge in [-0.25, -0.2) is 0 Å². The molecule has 2 aliphatic carbocycles. The average Bonchev–Trinajstić information content (AvgIpc) is 2.33. The van der Waals surface area contributed by atoms with Gasteiger partial charge in [-0.1, -0.05) is 19.3 Å². The van der Waals surface area contributed by atoms with Gasteiger partial charge in [-0.05, 0) is 31.1 Å². The minimum absolute atomic E-state index is 0.541. The molecule has 0 unspecified atom stereocenters. The molecular formula is C9H17N. The molecule has 0 aromatic carbocycles. The first-order valence-corrected chi connectivity index (χ1v) is 4.62. The smallest absolute Gasteiger partial charge is 0.00416 e. The fraction of sp³-hybridized carbons (Fsp3) is 1.00. The molecule has 0 saturated heterocycles. The monoisotopic (exact) mass is 139 g/mol.